The van der Waals surface area contributed by atoms with E-state index in [9.17, 15) is 18.0 Å². The minimum absolute atomic E-state index is 0.0262. The van der Waals surface area contributed by atoms with E-state index in [1.54, 1.807) is 39.8 Å². The number of hydrogen-bond acceptors (Lipinski definition) is 7. The largest absolute Gasteiger partial charge is 0.338 e. The van der Waals surface area contributed by atoms with Gasteiger partial charge in [0.1, 0.15) is 15.9 Å². The lowest BCUT2D eigenvalue weighted by molar-refractivity contribution is 0.0595. The second kappa shape index (κ2) is 8.68. The molecule has 0 spiro atoms. The normalized spacial score (nSPS) is 19.2. The number of carbonyl (C=O) groups excluding carboxylic acids is 1. The highest BCUT2D eigenvalue weighted by atomic mass is 35.5. The van der Waals surface area contributed by atoms with Crippen molar-refractivity contribution in [2.45, 2.75) is 23.8 Å². The Labute approximate surface area is 215 Å². The zero-order chi connectivity index (χ0) is 25.0. The van der Waals surface area contributed by atoms with Crippen LogP contribution in [0.2, 0.25) is 5.02 Å². The standard InChI is InChI=1S/C24H20ClN5O4S2/c25-16-7-8-17(19(10-16)28-36(33,34)21-5-1-3-18-23(21)27-35-26-18)24(32)29-11-14-9-15(13-29)20-4-2-6-22(31)30(20)12-14/h1-8,10,14-15,28H,9,11-13H2/t14-,15+/m1/s1. The van der Waals surface area contributed by atoms with Crippen molar-refractivity contribution in [3.05, 3.63) is 81.2 Å². The van der Waals surface area contributed by atoms with Gasteiger partial charge in [0.2, 0.25) is 0 Å². The smallest absolute Gasteiger partial charge is 0.264 e. The Morgan fingerprint density at radius 2 is 1.89 bits per heavy atom. The van der Waals surface area contributed by atoms with Crippen LogP contribution in [0.15, 0.2) is 64.3 Å². The van der Waals surface area contributed by atoms with E-state index in [-0.39, 0.29) is 45.0 Å². The zero-order valence-electron chi connectivity index (χ0n) is 18.8. The molecule has 1 saturated heterocycles. The van der Waals surface area contributed by atoms with Gasteiger partial charge in [-0.3, -0.25) is 14.3 Å². The van der Waals surface area contributed by atoms with Crippen LogP contribution in [-0.4, -0.2) is 45.6 Å². The summed E-state index contributed by atoms with van der Waals surface area (Å²) < 4.78 is 39.2. The average Bonchev–Trinajstić information content (AvgIpc) is 3.33. The van der Waals surface area contributed by atoms with Crippen molar-refractivity contribution in [2.75, 3.05) is 17.8 Å². The summed E-state index contributed by atoms with van der Waals surface area (Å²) in [6.45, 7) is 1.48. The van der Waals surface area contributed by atoms with E-state index in [1.165, 1.54) is 18.2 Å². The quantitative estimate of drug-likeness (QED) is 0.422. The third-order valence-corrected chi connectivity index (χ3v) is 8.94. The van der Waals surface area contributed by atoms with Gasteiger partial charge in [-0.25, -0.2) is 8.42 Å². The third kappa shape index (κ3) is 3.97. The number of sulfonamides is 1. The lowest BCUT2D eigenvalue weighted by atomic mass is 9.83. The van der Waals surface area contributed by atoms with Gasteiger partial charge in [-0.05, 0) is 48.7 Å². The Hall–Kier alpha value is -3.28. The number of rotatable bonds is 4. The number of fused-ring (bicyclic) bond motifs is 5. The van der Waals surface area contributed by atoms with Crippen LogP contribution in [0.3, 0.4) is 0 Å². The number of benzene rings is 2. The summed E-state index contributed by atoms with van der Waals surface area (Å²) in [7, 11) is -4.09. The molecule has 36 heavy (non-hydrogen) atoms. The summed E-state index contributed by atoms with van der Waals surface area (Å²) in [5.41, 5.74) is 1.95. The Kier molecular flexibility index (Phi) is 5.58. The third-order valence-electron chi connectivity index (χ3n) is 6.76. The van der Waals surface area contributed by atoms with Crippen LogP contribution in [0.1, 0.15) is 28.4 Å². The highest BCUT2D eigenvalue weighted by Gasteiger charge is 2.37. The molecular formula is C24H20ClN5O4S2. The molecule has 9 nitrogen and oxygen atoms in total. The number of aromatic nitrogens is 3. The van der Waals surface area contributed by atoms with Gasteiger partial charge in [-0.1, -0.05) is 23.7 Å². The monoisotopic (exact) mass is 541 g/mol. The fourth-order valence-corrected chi connectivity index (χ4v) is 7.23. The van der Waals surface area contributed by atoms with Gasteiger partial charge in [0.15, 0.2) is 0 Å². The molecule has 2 aromatic carbocycles. The van der Waals surface area contributed by atoms with Crippen LogP contribution < -0.4 is 10.3 Å². The number of pyridine rings is 1. The van der Waals surface area contributed by atoms with Gasteiger partial charge >= 0.3 is 0 Å². The summed E-state index contributed by atoms with van der Waals surface area (Å²) in [6, 6.07) is 14.5. The minimum atomic E-state index is -4.09. The number of carbonyl (C=O) groups is 1. The lowest BCUT2D eigenvalue weighted by Gasteiger charge is -2.42. The van der Waals surface area contributed by atoms with E-state index in [0.29, 0.717) is 30.2 Å². The van der Waals surface area contributed by atoms with E-state index in [1.807, 2.05) is 6.07 Å². The molecule has 4 heterocycles. The molecule has 0 radical (unpaired) electrons. The first-order valence-corrected chi connectivity index (χ1v) is 13.9. The first kappa shape index (κ1) is 23.1. The second-order valence-electron chi connectivity index (χ2n) is 9.09. The number of piperidine rings is 1. The summed E-state index contributed by atoms with van der Waals surface area (Å²) in [4.78, 5) is 27.7. The molecule has 1 N–H and O–H groups in total. The van der Waals surface area contributed by atoms with Crippen molar-refractivity contribution in [1.82, 2.24) is 18.2 Å². The van der Waals surface area contributed by atoms with Crippen molar-refractivity contribution in [3.63, 3.8) is 0 Å². The zero-order valence-corrected chi connectivity index (χ0v) is 21.2. The maximum atomic E-state index is 13.7. The van der Waals surface area contributed by atoms with Gasteiger partial charge in [0.25, 0.3) is 21.5 Å². The molecule has 2 bridgehead atoms. The Bertz CT molecular complexity index is 1680. The Morgan fingerprint density at radius 1 is 1.06 bits per heavy atom. The van der Waals surface area contributed by atoms with Crippen molar-refractivity contribution >= 4 is 56.0 Å². The van der Waals surface area contributed by atoms with Crippen LogP contribution in [-0.2, 0) is 16.6 Å². The Balaban J connectivity index is 1.33. The number of nitrogens with zero attached hydrogens (tertiary/aromatic N) is 4. The first-order valence-electron chi connectivity index (χ1n) is 11.3. The van der Waals surface area contributed by atoms with Crippen molar-refractivity contribution in [3.8, 4) is 0 Å². The Morgan fingerprint density at radius 3 is 2.75 bits per heavy atom. The minimum Gasteiger partial charge on any atom is -0.338 e. The predicted molar refractivity (Wildman–Crippen MR) is 137 cm³/mol. The molecule has 1 fully saturated rings. The number of amides is 1. The van der Waals surface area contributed by atoms with Gasteiger partial charge in [0.05, 0.1) is 23.0 Å². The molecule has 2 aromatic heterocycles. The van der Waals surface area contributed by atoms with Crippen molar-refractivity contribution in [1.29, 1.82) is 0 Å². The van der Waals surface area contributed by atoms with Crippen LogP contribution in [0.25, 0.3) is 11.0 Å². The van der Waals surface area contributed by atoms with Gasteiger partial charge < -0.3 is 9.47 Å². The van der Waals surface area contributed by atoms with Gasteiger partial charge in [-0.15, -0.1) is 0 Å². The number of hydrogen-bond donors (Lipinski definition) is 1. The molecule has 6 rings (SSSR count). The van der Waals surface area contributed by atoms with E-state index in [2.05, 4.69) is 13.5 Å². The van der Waals surface area contributed by atoms with E-state index in [4.69, 9.17) is 11.6 Å². The maximum absolute atomic E-state index is 13.7. The summed E-state index contributed by atoms with van der Waals surface area (Å²) in [5, 5.41) is 0.293. The highest BCUT2D eigenvalue weighted by molar-refractivity contribution is 7.93. The van der Waals surface area contributed by atoms with Crippen molar-refractivity contribution in [2.24, 2.45) is 5.92 Å². The summed E-state index contributed by atoms with van der Waals surface area (Å²) in [6.07, 6.45) is 0.902. The summed E-state index contributed by atoms with van der Waals surface area (Å²) >= 11 is 7.12. The SMILES string of the molecule is O=C(c1ccc(Cl)cc1NS(=O)(=O)c1cccc2nsnc12)N1C[C@H]2C[C@@H](C1)c1cccc(=O)n1C2. The van der Waals surface area contributed by atoms with Gasteiger partial charge in [-0.2, -0.15) is 8.75 Å². The van der Waals surface area contributed by atoms with Crippen LogP contribution in [0.4, 0.5) is 5.69 Å². The predicted octanol–water partition coefficient (Wildman–Crippen LogP) is 3.57. The molecule has 0 saturated carbocycles. The highest BCUT2D eigenvalue weighted by Crippen LogP contribution is 2.36. The first-order chi connectivity index (χ1) is 17.3. The van der Waals surface area contributed by atoms with Crippen LogP contribution in [0.5, 0.6) is 0 Å². The number of likely N-dealkylation sites (tertiary alicyclic amines) is 1. The fraction of sp³-hybridized carbons (Fsp3) is 0.250. The maximum Gasteiger partial charge on any atom is 0.264 e. The van der Waals surface area contributed by atoms with E-state index < -0.39 is 10.0 Å². The number of anilines is 1. The molecule has 0 aliphatic carbocycles. The summed E-state index contributed by atoms with van der Waals surface area (Å²) in [5.74, 6) is -0.112. The molecule has 0 unspecified atom stereocenters. The molecule has 4 aromatic rings. The lowest BCUT2D eigenvalue weighted by Crippen LogP contribution is -2.49. The number of halogens is 1. The molecule has 1 amide bonds. The topological polar surface area (TPSA) is 114 Å². The van der Waals surface area contributed by atoms with Crippen LogP contribution >= 0.6 is 23.3 Å². The fourth-order valence-electron chi connectivity index (χ4n) is 5.22. The van der Waals surface area contributed by atoms with E-state index in [0.717, 1.165) is 23.8 Å². The molecule has 2 atom stereocenters. The number of nitrogens with one attached hydrogen (secondary N) is 1. The average molecular weight is 542 g/mol. The second-order valence-corrected chi connectivity index (χ2v) is 11.7. The van der Waals surface area contributed by atoms with E-state index >= 15 is 0 Å². The van der Waals surface area contributed by atoms with Crippen molar-refractivity contribution < 1.29 is 13.2 Å². The molecular weight excluding hydrogens is 522 g/mol. The van der Waals surface area contributed by atoms with Gasteiger partial charge in [0, 0.05) is 42.3 Å². The molecule has 2 aliphatic rings. The molecule has 2 aliphatic heterocycles. The molecule has 184 valence electrons. The van der Waals surface area contributed by atoms with Crippen LogP contribution in [0, 0.1) is 5.92 Å². The molecule has 12 heteroatoms.